The molecule has 0 saturated carbocycles. The van der Waals surface area contributed by atoms with E-state index >= 15 is 0 Å². The molecule has 1 aliphatic carbocycles. The lowest BCUT2D eigenvalue weighted by Crippen LogP contribution is -1.79. The largest absolute Gasteiger partial charge is 0.405 e. The minimum Gasteiger partial charge on any atom is -0.405 e. The molecule has 0 unspecified atom stereocenters. The molecular formula is C13H13N. The highest BCUT2D eigenvalue weighted by atomic mass is 14.5. The Morgan fingerprint density at radius 1 is 1.29 bits per heavy atom. The number of allylic oxidation sites excluding steroid dienone is 4. The van der Waals surface area contributed by atoms with Crippen molar-refractivity contribution in [3.8, 4) is 0 Å². The predicted molar refractivity (Wildman–Crippen MR) is 60.6 cm³/mol. The van der Waals surface area contributed by atoms with E-state index in [1.54, 1.807) is 6.20 Å². The summed E-state index contributed by atoms with van der Waals surface area (Å²) in [6.07, 6.45) is 6.37. The number of fused-ring (bicyclic) bond motifs is 1. The fourth-order valence-corrected chi connectivity index (χ4v) is 1.81. The number of nitrogens with two attached hydrogens (primary N) is 1. The van der Waals surface area contributed by atoms with Gasteiger partial charge in [0.2, 0.25) is 0 Å². The van der Waals surface area contributed by atoms with Crippen LogP contribution in [0.2, 0.25) is 0 Å². The minimum atomic E-state index is 0.959. The quantitative estimate of drug-likeness (QED) is 0.711. The van der Waals surface area contributed by atoms with E-state index < -0.39 is 0 Å². The molecule has 0 spiro atoms. The van der Waals surface area contributed by atoms with Gasteiger partial charge in [-0.2, -0.15) is 0 Å². The van der Waals surface area contributed by atoms with Gasteiger partial charge in [0.05, 0.1) is 0 Å². The van der Waals surface area contributed by atoms with Crippen LogP contribution in [0.3, 0.4) is 0 Å². The van der Waals surface area contributed by atoms with Crippen LogP contribution in [0.25, 0.3) is 5.57 Å². The van der Waals surface area contributed by atoms with Gasteiger partial charge in [0.1, 0.15) is 0 Å². The predicted octanol–water partition coefficient (Wildman–Crippen LogP) is 2.65. The summed E-state index contributed by atoms with van der Waals surface area (Å²) in [7, 11) is 0. The highest BCUT2D eigenvalue weighted by molar-refractivity contribution is 5.86. The zero-order valence-corrected chi connectivity index (χ0v) is 8.03. The summed E-state index contributed by atoms with van der Waals surface area (Å²) in [6, 6.07) is 8.39. The first-order chi connectivity index (χ1) is 6.83. The Morgan fingerprint density at radius 2 is 2.07 bits per heavy atom. The van der Waals surface area contributed by atoms with Crippen LogP contribution in [0.5, 0.6) is 0 Å². The number of benzene rings is 1. The summed E-state index contributed by atoms with van der Waals surface area (Å²) in [5.41, 5.74) is 10.3. The molecule has 14 heavy (non-hydrogen) atoms. The first-order valence-electron chi connectivity index (χ1n) is 4.68. The van der Waals surface area contributed by atoms with Gasteiger partial charge in [-0.15, -0.1) is 0 Å². The molecule has 0 atom stereocenters. The maximum absolute atomic E-state index is 5.32. The summed E-state index contributed by atoms with van der Waals surface area (Å²) < 4.78 is 0. The Morgan fingerprint density at radius 3 is 2.86 bits per heavy atom. The second-order valence-corrected chi connectivity index (χ2v) is 3.40. The van der Waals surface area contributed by atoms with Crippen molar-refractivity contribution in [3.05, 3.63) is 65.9 Å². The van der Waals surface area contributed by atoms with E-state index in [4.69, 9.17) is 5.73 Å². The molecule has 0 saturated heterocycles. The molecule has 1 aromatic carbocycles. The molecule has 2 N–H and O–H groups in total. The van der Waals surface area contributed by atoms with E-state index in [-0.39, 0.29) is 0 Å². The lowest BCUT2D eigenvalue weighted by molar-refractivity contribution is 1.28. The Kier molecular flexibility index (Phi) is 2.23. The molecular weight excluding hydrogens is 170 g/mol. The van der Waals surface area contributed by atoms with Crippen LogP contribution in [-0.4, -0.2) is 0 Å². The third kappa shape index (κ3) is 1.37. The zero-order valence-electron chi connectivity index (χ0n) is 8.03. The highest BCUT2D eigenvalue weighted by Gasteiger charge is 2.17. The third-order valence-corrected chi connectivity index (χ3v) is 2.47. The van der Waals surface area contributed by atoms with Gasteiger partial charge in [-0.1, -0.05) is 36.9 Å². The molecule has 1 heteroatoms. The number of hydrogen-bond donors (Lipinski definition) is 1. The molecule has 0 aromatic heterocycles. The number of hydrogen-bond acceptors (Lipinski definition) is 1. The third-order valence-electron chi connectivity index (χ3n) is 2.47. The van der Waals surface area contributed by atoms with Crippen molar-refractivity contribution in [2.45, 2.75) is 6.42 Å². The molecule has 70 valence electrons. The molecule has 0 heterocycles. The molecule has 1 aromatic rings. The van der Waals surface area contributed by atoms with Gasteiger partial charge in [0.25, 0.3) is 0 Å². The fraction of sp³-hybridized carbons (Fsp3) is 0.0769. The van der Waals surface area contributed by atoms with Crippen molar-refractivity contribution in [2.75, 3.05) is 0 Å². The van der Waals surface area contributed by atoms with Crippen LogP contribution >= 0.6 is 0 Å². The van der Waals surface area contributed by atoms with Crippen LogP contribution in [0.15, 0.2) is 54.8 Å². The average molecular weight is 183 g/mol. The molecule has 0 radical (unpaired) electrons. The van der Waals surface area contributed by atoms with Crippen LogP contribution < -0.4 is 5.73 Å². The van der Waals surface area contributed by atoms with Gasteiger partial charge in [-0.25, -0.2) is 0 Å². The number of rotatable bonds is 1. The van der Waals surface area contributed by atoms with E-state index in [1.165, 1.54) is 22.3 Å². The zero-order chi connectivity index (χ0) is 9.97. The lowest BCUT2D eigenvalue weighted by Gasteiger charge is -1.98. The smallest absolute Gasteiger partial charge is 0.00193 e. The maximum Gasteiger partial charge on any atom is -0.00193 e. The Hall–Kier alpha value is -1.76. The van der Waals surface area contributed by atoms with Gasteiger partial charge < -0.3 is 5.73 Å². The Balaban J connectivity index is 2.49. The summed E-state index contributed by atoms with van der Waals surface area (Å²) in [5, 5.41) is 0. The summed E-state index contributed by atoms with van der Waals surface area (Å²) in [5.74, 6) is 0. The topological polar surface area (TPSA) is 26.0 Å². The second-order valence-electron chi connectivity index (χ2n) is 3.40. The van der Waals surface area contributed by atoms with Gasteiger partial charge in [0, 0.05) is 0 Å². The van der Waals surface area contributed by atoms with E-state index in [9.17, 15) is 0 Å². The van der Waals surface area contributed by atoms with Crippen molar-refractivity contribution >= 4 is 5.57 Å². The van der Waals surface area contributed by atoms with E-state index in [1.807, 2.05) is 12.2 Å². The molecule has 0 amide bonds. The van der Waals surface area contributed by atoms with Crippen LogP contribution in [0.1, 0.15) is 11.1 Å². The Labute approximate surface area is 84.3 Å². The average Bonchev–Trinajstić information content (AvgIpc) is 2.51. The summed E-state index contributed by atoms with van der Waals surface area (Å²) in [4.78, 5) is 0. The molecule has 0 bridgehead atoms. The van der Waals surface area contributed by atoms with Crippen molar-refractivity contribution < 1.29 is 0 Å². The lowest BCUT2D eigenvalue weighted by atomic mass is 10.1. The van der Waals surface area contributed by atoms with E-state index in [0.29, 0.717) is 0 Å². The van der Waals surface area contributed by atoms with Crippen LogP contribution in [-0.2, 0) is 6.42 Å². The fourth-order valence-electron chi connectivity index (χ4n) is 1.81. The summed E-state index contributed by atoms with van der Waals surface area (Å²) in [6.45, 7) is 4.06. The molecule has 0 aliphatic heterocycles. The minimum absolute atomic E-state index is 0.959. The summed E-state index contributed by atoms with van der Waals surface area (Å²) >= 11 is 0. The van der Waals surface area contributed by atoms with Crippen LogP contribution in [0, 0.1) is 0 Å². The van der Waals surface area contributed by atoms with E-state index in [0.717, 1.165) is 6.42 Å². The Bertz CT molecular complexity index is 425. The molecule has 0 fully saturated rings. The van der Waals surface area contributed by atoms with Gasteiger partial charge in [0.15, 0.2) is 0 Å². The normalized spacial score (nSPS) is 18.0. The highest BCUT2D eigenvalue weighted by Crippen LogP contribution is 2.35. The van der Waals surface area contributed by atoms with Gasteiger partial charge in [-0.05, 0) is 41.0 Å². The maximum atomic E-state index is 5.32. The first-order valence-corrected chi connectivity index (χ1v) is 4.68. The van der Waals surface area contributed by atoms with Crippen molar-refractivity contribution in [1.82, 2.24) is 0 Å². The first kappa shape index (κ1) is 8.82. The van der Waals surface area contributed by atoms with Crippen molar-refractivity contribution in [2.24, 2.45) is 5.73 Å². The van der Waals surface area contributed by atoms with Crippen molar-refractivity contribution in [3.63, 3.8) is 0 Å². The SMILES string of the molecule is C=C1Cc2ccccc2/C1=C/C=C\N. The van der Waals surface area contributed by atoms with Gasteiger partial charge >= 0.3 is 0 Å². The second kappa shape index (κ2) is 3.54. The standard InChI is InChI=1S/C13H13N/c1-10-9-11-5-2-3-6-13(11)12(10)7-4-8-14/h2-8H,1,9,14H2/b8-4-,12-7+. The monoisotopic (exact) mass is 183 g/mol. The van der Waals surface area contributed by atoms with E-state index in [2.05, 4.69) is 30.8 Å². The molecule has 2 rings (SSSR count). The van der Waals surface area contributed by atoms with Crippen molar-refractivity contribution in [1.29, 1.82) is 0 Å². The molecule has 1 nitrogen and oxygen atoms in total. The van der Waals surface area contributed by atoms with Crippen LogP contribution in [0.4, 0.5) is 0 Å². The van der Waals surface area contributed by atoms with Gasteiger partial charge in [-0.3, -0.25) is 0 Å². The molecule has 1 aliphatic rings.